The highest BCUT2D eigenvalue weighted by molar-refractivity contribution is 7.09. The molecule has 5 heteroatoms. The molecule has 0 fully saturated rings. The summed E-state index contributed by atoms with van der Waals surface area (Å²) in [7, 11) is 0. The van der Waals surface area contributed by atoms with Crippen LogP contribution in [0.5, 0.6) is 0 Å². The molecule has 0 saturated carbocycles. The van der Waals surface area contributed by atoms with Crippen molar-refractivity contribution < 1.29 is 19.1 Å². The Hall–Kier alpha value is -1.36. The van der Waals surface area contributed by atoms with E-state index in [1.165, 1.54) is 11.3 Å². The van der Waals surface area contributed by atoms with Gasteiger partial charge in [0.2, 0.25) is 0 Å². The van der Waals surface area contributed by atoms with Gasteiger partial charge in [0.05, 0.1) is 6.61 Å². The molecule has 4 nitrogen and oxygen atoms in total. The Morgan fingerprint density at radius 1 is 1.33 bits per heavy atom. The SMILES string of the molecule is CCOC(=O)CC(=O)OCc1cccs1. The van der Waals surface area contributed by atoms with Crippen molar-refractivity contribution in [1.82, 2.24) is 0 Å². The van der Waals surface area contributed by atoms with Gasteiger partial charge in [-0.3, -0.25) is 9.59 Å². The Labute approximate surface area is 91.8 Å². The zero-order valence-corrected chi connectivity index (χ0v) is 9.21. The average molecular weight is 228 g/mol. The van der Waals surface area contributed by atoms with Gasteiger partial charge in [0.1, 0.15) is 13.0 Å². The van der Waals surface area contributed by atoms with E-state index in [1.807, 2.05) is 17.5 Å². The van der Waals surface area contributed by atoms with Gasteiger partial charge < -0.3 is 9.47 Å². The first kappa shape index (κ1) is 11.7. The average Bonchev–Trinajstić information content (AvgIpc) is 2.67. The van der Waals surface area contributed by atoms with Crippen LogP contribution in [0.2, 0.25) is 0 Å². The summed E-state index contributed by atoms with van der Waals surface area (Å²) in [5.74, 6) is -1.10. The molecule has 0 saturated heterocycles. The smallest absolute Gasteiger partial charge is 0.317 e. The van der Waals surface area contributed by atoms with Gasteiger partial charge in [-0.15, -0.1) is 11.3 Å². The molecule has 1 rings (SSSR count). The molecule has 0 bridgehead atoms. The van der Waals surface area contributed by atoms with Gasteiger partial charge >= 0.3 is 11.9 Å². The number of carbonyl (C=O) groups excluding carboxylic acids is 2. The van der Waals surface area contributed by atoms with Crippen LogP contribution in [0, 0.1) is 0 Å². The first-order chi connectivity index (χ1) is 7.22. The van der Waals surface area contributed by atoms with Crippen molar-refractivity contribution >= 4 is 23.3 Å². The predicted molar refractivity (Wildman–Crippen MR) is 55.4 cm³/mol. The minimum atomic E-state index is -0.554. The van der Waals surface area contributed by atoms with Crippen LogP contribution in [0.15, 0.2) is 17.5 Å². The lowest BCUT2D eigenvalue weighted by Gasteiger charge is -2.02. The summed E-state index contributed by atoms with van der Waals surface area (Å²) in [5.41, 5.74) is 0. The molecule has 0 N–H and O–H groups in total. The summed E-state index contributed by atoms with van der Waals surface area (Å²) < 4.78 is 9.49. The Balaban J connectivity index is 2.22. The van der Waals surface area contributed by atoms with Crippen molar-refractivity contribution in [3.8, 4) is 0 Å². The third kappa shape index (κ3) is 4.60. The monoisotopic (exact) mass is 228 g/mol. The molecular weight excluding hydrogens is 216 g/mol. The summed E-state index contributed by atoms with van der Waals surface area (Å²) in [5, 5.41) is 1.90. The van der Waals surface area contributed by atoms with E-state index < -0.39 is 11.9 Å². The van der Waals surface area contributed by atoms with E-state index in [0.29, 0.717) is 0 Å². The Morgan fingerprint density at radius 3 is 2.67 bits per heavy atom. The van der Waals surface area contributed by atoms with Crippen LogP contribution < -0.4 is 0 Å². The van der Waals surface area contributed by atoms with Gasteiger partial charge in [0.25, 0.3) is 0 Å². The second kappa shape index (κ2) is 6.19. The predicted octanol–water partition coefficient (Wildman–Crippen LogP) is 1.74. The lowest BCUT2D eigenvalue weighted by Crippen LogP contribution is -2.13. The molecule has 0 aliphatic carbocycles. The first-order valence-electron chi connectivity index (χ1n) is 4.56. The maximum atomic E-state index is 11.1. The molecule has 0 aliphatic heterocycles. The van der Waals surface area contributed by atoms with Gasteiger partial charge in [-0.05, 0) is 18.4 Å². The number of ether oxygens (including phenoxy) is 2. The third-order valence-electron chi connectivity index (χ3n) is 1.55. The van der Waals surface area contributed by atoms with Crippen LogP contribution in [-0.2, 0) is 25.7 Å². The zero-order valence-electron chi connectivity index (χ0n) is 8.39. The second-order valence-corrected chi connectivity index (χ2v) is 3.75. The number of carbonyl (C=O) groups is 2. The van der Waals surface area contributed by atoms with Gasteiger partial charge in [0, 0.05) is 4.88 Å². The molecule has 0 amide bonds. The van der Waals surface area contributed by atoms with Crippen molar-refractivity contribution in [2.24, 2.45) is 0 Å². The molecule has 1 heterocycles. The highest BCUT2D eigenvalue weighted by Crippen LogP contribution is 2.09. The molecule has 0 spiro atoms. The molecule has 0 atom stereocenters. The summed E-state index contributed by atoms with van der Waals surface area (Å²) >= 11 is 1.50. The minimum Gasteiger partial charge on any atom is -0.466 e. The van der Waals surface area contributed by atoms with Gasteiger partial charge in [0.15, 0.2) is 0 Å². The fourth-order valence-electron chi connectivity index (χ4n) is 0.927. The molecule has 1 aromatic rings. The van der Waals surface area contributed by atoms with E-state index in [-0.39, 0.29) is 19.6 Å². The molecule has 15 heavy (non-hydrogen) atoms. The summed E-state index contributed by atoms with van der Waals surface area (Å²) in [6.07, 6.45) is -0.320. The van der Waals surface area contributed by atoms with Gasteiger partial charge in [-0.25, -0.2) is 0 Å². The van der Waals surface area contributed by atoms with E-state index in [2.05, 4.69) is 4.74 Å². The molecule has 0 aromatic carbocycles. The fraction of sp³-hybridized carbons (Fsp3) is 0.400. The van der Waals surface area contributed by atoms with E-state index in [4.69, 9.17) is 4.74 Å². The maximum Gasteiger partial charge on any atom is 0.317 e. The lowest BCUT2D eigenvalue weighted by molar-refractivity contribution is -0.154. The topological polar surface area (TPSA) is 52.6 Å². The second-order valence-electron chi connectivity index (χ2n) is 2.72. The standard InChI is InChI=1S/C10H12O4S/c1-2-13-9(11)6-10(12)14-7-8-4-3-5-15-8/h3-5H,2,6-7H2,1H3. The van der Waals surface area contributed by atoms with Crippen LogP contribution in [0.3, 0.4) is 0 Å². The summed E-state index contributed by atoms with van der Waals surface area (Å²) in [6, 6.07) is 3.74. The molecule has 82 valence electrons. The highest BCUT2D eigenvalue weighted by Gasteiger charge is 2.11. The van der Waals surface area contributed by atoms with E-state index in [0.717, 1.165) is 4.88 Å². The molecule has 0 radical (unpaired) electrons. The van der Waals surface area contributed by atoms with Crippen LogP contribution in [0.1, 0.15) is 18.2 Å². The van der Waals surface area contributed by atoms with Crippen molar-refractivity contribution in [1.29, 1.82) is 0 Å². The first-order valence-corrected chi connectivity index (χ1v) is 5.44. The van der Waals surface area contributed by atoms with Gasteiger partial charge in [-0.2, -0.15) is 0 Å². The van der Waals surface area contributed by atoms with E-state index in [1.54, 1.807) is 6.92 Å². The van der Waals surface area contributed by atoms with Crippen LogP contribution in [-0.4, -0.2) is 18.5 Å². The Kier molecular flexibility index (Phi) is 4.83. The summed E-state index contributed by atoms with van der Waals surface area (Å²) in [6.45, 7) is 2.18. The zero-order chi connectivity index (χ0) is 11.1. The van der Waals surface area contributed by atoms with Crippen LogP contribution in [0.4, 0.5) is 0 Å². The number of rotatable bonds is 5. The number of hydrogen-bond acceptors (Lipinski definition) is 5. The largest absolute Gasteiger partial charge is 0.466 e. The number of hydrogen-bond donors (Lipinski definition) is 0. The van der Waals surface area contributed by atoms with E-state index >= 15 is 0 Å². The van der Waals surface area contributed by atoms with Crippen molar-refractivity contribution in [2.45, 2.75) is 20.0 Å². The number of esters is 2. The van der Waals surface area contributed by atoms with Gasteiger partial charge in [-0.1, -0.05) is 6.07 Å². The minimum absolute atomic E-state index is 0.218. The van der Waals surface area contributed by atoms with Crippen molar-refractivity contribution in [3.63, 3.8) is 0 Å². The molecule has 0 unspecified atom stereocenters. The van der Waals surface area contributed by atoms with E-state index in [9.17, 15) is 9.59 Å². The normalized spacial score (nSPS) is 9.67. The highest BCUT2D eigenvalue weighted by atomic mass is 32.1. The van der Waals surface area contributed by atoms with Crippen LogP contribution >= 0.6 is 11.3 Å². The molecule has 1 aromatic heterocycles. The van der Waals surface area contributed by atoms with Crippen molar-refractivity contribution in [2.75, 3.05) is 6.61 Å². The fourth-order valence-corrected chi connectivity index (χ4v) is 1.54. The maximum absolute atomic E-state index is 11.1. The Bertz CT molecular complexity index is 318. The van der Waals surface area contributed by atoms with Crippen molar-refractivity contribution in [3.05, 3.63) is 22.4 Å². The number of thiophene rings is 1. The quantitative estimate of drug-likeness (QED) is 0.569. The Morgan fingerprint density at radius 2 is 2.07 bits per heavy atom. The molecule has 0 aliphatic rings. The van der Waals surface area contributed by atoms with Crippen LogP contribution in [0.25, 0.3) is 0 Å². The molecular formula is C10H12O4S. The third-order valence-corrected chi connectivity index (χ3v) is 2.40. The summed E-state index contributed by atoms with van der Waals surface area (Å²) in [4.78, 5) is 23.0. The lowest BCUT2D eigenvalue weighted by atomic mass is 10.4.